The number of nitrogens with one attached hydrogen (secondary N) is 1. The molecule has 3 aromatic heterocycles. The van der Waals surface area contributed by atoms with Gasteiger partial charge in [0.1, 0.15) is 17.6 Å². The number of carbonyl (C=O) groups is 1. The van der Waals surface area contributed by atoms with E-state index < -0.39 is 0 Å². The van der Waals surface area contributed by atoms with E-state index >= 15 is 0 Å². The van der Waals surface area contributed by atoms with E-state index in [0.717, 1.165) is 28.5 Å². The van der Waals surface area contributed by atoms with E-state index in [9.17, 15) is 4.79 Å². The van der Waals surface area contributed by atoms with Gasteiger partial charge >= 0.3 is 0 Å². The number of aromatic nitrogens is 4. The quantitative estimate of drug-likeness (QED) is 0.783. The van der Waals surface area contributed by atoms with Crippen LogP contribution in [0.2, 0.25) is 0 Å². The van der Waals surface area contributed by atoms with Gasteiger partial charge in [-0.15, -0.1) is 0 Å². The Balaban J connectivity index is 1.76. The molecule has 1 aliphatic heterocycles. The van der Waals surface area contributed by atoms with Crippen LogP contribution in [0.3, 0.4) is 0 Å². The molecule has 24 heavy (non-hydrogen) atoms. The Morgan fingerprint density at radius 2 is 2.38 bits per heavy atom. The predicted molar refractivity (Wildman–Crippen MR) is 89.0 cm³/mol. The van der Waals surface area contributed by atoms with E-state index in [1.165, 1.54) is 0 Å². The van der Waals surface area contributed by atoms with E-state index in [-0.39, 0.29) is 18.4 Å². The molecule has 1 fully saturated rings. The SMILES string of the molecule is CC1CCN(C(=O)CC#N)CC1n1cnc2cnc3[nH]ccc3c21. The highest BCUT2D eigenvalue weighted by molar-refractivity contribution is 6.01. The lowest BCUT2D eigenvalue weighted by Crippen LogP contribution is -2.43. The first-order valence-electron chi connectivity index (χ1n) is 8.12. The Bertz CT molecular complexity index is 949. The van der Waals surface area contributed by atoms with Crippen LogP contribution in [0, 0.1) is 17.2 Å². The number of imidazole rings is 1. The summed E-state index contributed by atoms with van der Waals surface area (Å²) < 4.78 is 2.17. The third kappa shape index (κ3) is 2.22. The first kappa shape index (κ1) is 14.7. The van der Waals surface area contributed by atoms with Crippen molar-refractivity contribution in [2.75, 3.05) is 13.1 Å². The number of aromatic amines is 1. The molecule has 0 bridgehead atoms. The van der Waals surface area contributed by atoms with Crippen LogP contribution < -0.4 is 0 Å². The minimum Gasteiger partial charge on any atom is -0.346 e. The largest absolute Gasteiger partial charge is 0.346 e. The number of pyridine rings is 1. The maximum atomic E-state index is 12.1. The second kappa shape index (κ2) is 5.64. The summed E-state index contributed by atoms with van der Waals surface area (Å²) in [6.07, 6.45) is 6.36. The van der Waals surface area contributed by atoms with E-state index in [0.29, 0.717) is 19.0 Å². The molecule has 0 spiro atoms. The summed E-state index contributed by atoms with van der Waals surface area (Å²) in [5.41, 5.74) is 2.74. The second-order valence-electron chi connectivity index (χ2n) is 6.39. The molecule has 1 N–H and O–H groups in total. The molecule has 7 nitrogen and oxygen atoms in total. The van der Waals surface area contributed by atoms with Gasteiger partial charge in [0.25, 0.3) is 0 Å². The van der Waals surface area contributed by atoms with Crippen LogP contribution in [-0.4, -0.2) is 43.4 Å². The van der Waals surface area contributed by atoms with Gasteiger partial charge in [-0.3, -0.25) is 4.79 Å². The molecule has 0 saturated carbocycles. The molecule has 2 unspecified atom stereocenters. The monoisotopic (exact) mass is 322 g/mol. The van der Waals surface area contributed by atoms with Crippen LogP contribution in [0.15, 0.2) is 24.8 Å². The van der Waals surface area contributed by atoms with Crippen LogP contribution in [-0.2, 0) is 4.79 Å². The van der Waals surface area contributed by atoms with Gasteiger partial charge < -0.3 is 14.5 Å². The van der Waals surface area contributed by atoms with Crippen molar-refractivity contribution >= 4 is 28.0 Å². The van der Waals surface area contributed by atoms with Gasteiger partial charge in [0.05, 0.1) is 30.2 Å². The highest BCUT2D eigenvalue weighted by atomic mass is 16.2. The van der Waals surface area contributed by atoms with E-state index in [4.69, 9.17) is 5.26 Å². The fraction of sp³-hybridized carbons (Fsp3) is 0.412. The van der Waals surface area contributed by atoms with Crippen molar-refractivity contribution in [2.24, 2.45) is 5.92 Å². The summed E-state index contributed by atoms with van der Waals surface area (Å²) in [6.45, 7) is 3.53. The fourth-order valence-electron chi connectivity index (χ4n) is 3.60. The number of fused-ring (bicyclic) bond motifs is 3. The number of hydrogen-bond acceptors (Lipinski definition) is 4. The van der Waals surface area contributed by atoms with Crippen LogP contribution in [0.25, 0.3) is 22.1 Å². The second-order valence-corrected chi connectivity index (χ2v) is 6.39. The van der Waals surface area contributed by atoms with Crippen molar-refractivity contribution in [3.63, 3.8) is 0 Å². The molecule has 1 amide bonds. The minimum absolute atomic E-state index is 0.0578. The number of likely N-dealkylation sites (tertiary alicyclic amines) is 1. The smallest absolute Gasteiger partial charge is 0.236 e. The molecule has 0 aromatic carbocycles. The maximum Gasteiger partial charge on any atom is 0.236 e. The first-order chi connectivity index (χ1) is 11.7. The molecule has 4 heterocycles. The van der Waals surface area contributed by atoms with Crippen LogP contribution >= 0.6 is 0 Å². The molecule has 2 atom stereocenters. The third-order valence-corrected chi connectivity index (χ3v) is 4.98. The lowest BCUT2D eigenvalue weighted by molar-refractivity contribution is -0.132. The van der Waals surface area contributed by atoms with Gasteiger partial charge in [-0.25, -0.2) is 9.97 Å². The molecule has 7 heteroatoms. The average molecular weight is 322 g/mol. The van der Waals surface area contributed by atoms with Crippen LogP contribution in [0.1, 0.15) is 25.8 Å². The average Bonchev–Trinajstić information content (AvgIpc) is 3.21. The molecule has 1 saturated heterocycles. The maximum absolute atomic E-state index is 12.1. The van der Waals surface area contributed by atoms with Gasteiger partial charge in [0, 0.05) is 24.7 Å². The molecule has 1 aliphatic rings. The predicted octanol–water partition coefficient (Wildman–Crippen LogP) is 2.24. The Morgan fingerprint density at radius 3 is 3.21 bits per heavy atom. The van der Waals surface area contributed by atoms with Crippen molar-refractivity contribution in [3.8, 4) is 6.07 Å². The van der Waals surface area contributed by atoms with E-state index in [2.05, 4.69) is 26.4 Å². The molecule has 3 aromatic rings. The van der Waals surface area contributed by atoms with Crippen LogP contribution in [0.4, 0.5) is 0 Å². The summed E-state index contributed by atoms with van der Waals surface area (Å²) in [5.74, 6) is 0.336. The Labute approximate surface area is 138 Å². The van der Waals surface area contributed by atoms with Crippen LogP contribution in [0.5, 0.6) is 0 Å². The lowest BCUT2D eigenvalue weighted by atomic mass is 9.93. The number of amides is 1. The summed E-state index contributed by atoms with van der Waals surface area (Å²) >= 11 is 0. The van der Waals surface area contributed by atoms with Gasteiger partial charge in [0.2, 0.25) is 5.91 Å². The normalized spacial score (nSPS) is 21.2. The number of H-pyrrole nitrogens is 1. The minimum atomic E-state index is -0.0905. The standard InChI is InChI=1S/C17H18N6O/c1-11-4-7-22(15(24)2-5-18)9-14(11)23-10-21-13-8-20-17-12(16(13)23)3-6-19-17/h3,6,8,10-11,14H,2,4,7,9H2,1H3,(H,19,20). The van der Waals surface area contributed by atoms with Crippen molar-refractivity contribution in [2.45, 2.75) is 25.8 Å². The van der Waals surface area contributed by atoms with Crippen molar-refractivity contribution in [1.29, 1.82) is 5.26 Å². The lowest BCUT2D eigenvalue weighted by Gasteiger charge is -2.37. The summed E-state index contributed by atoms with van der Waals surface area (Å²) in [6, 6.07) is 4.11. The zero-order valence-electron chi connectivity index (χ0n) is 13.4. The number of rotatable bonds is 2. The zero-order chi connectivity index (χ0) is 16.7. The van der Waals surface area contributed by atoms with Gasteiger partial charge in [-0.1, -0.05) is 6.92 Å². The highest BCUT2D eigenvalue weighted by Gasteiger charge is 2.31. The molecule has 122 valence electrons. The number of nitrogens with zero attached hydrogens (tertiary/aromatic N) is 5. The molecule has 0 radical (unpaired) electrons. The fourth-order valence-corrected chi connectivity index (χ4v) is 3.60. The van der Waals surface area contributed by atoms with Gasteiger partial charge in [-0.05, 0) is 18.4 Å². The van der Waals surface area contributed by atoms with Crippen molar-refractivity contribution in [1.82, 2.24) is 24.4 Å². The topological polar surface area (TPSA) is 90.6 Å². The van der Waals surface area contributed by atoms with E-state index in [1.54, 1.807) is 11.1 Å². The first-order valence-corrected chi connectivity index (χ1v) is 8.12. The van der Waals surface area contributed by atoms with Gasteiger partial charge in [0.15, 0.2) is 0 Å². The highest BCUT2D eigenvalue weighted by Crippen LogP contribution is 2.32. The Kier molecular flexibility index (Phi) is 3.45. The van der Waals surface area contributed by atoms with Crippen molar-refractivity contribution in [3.05, 3.63) is 24.8 Å². The van der Waals surface area contributed by atoms with Gasteiger partial charge in [-0.2, -0.15) is 5.26 Å². The van der Waals surface area contributed by atoms with E-state index in [1.807, 2.05) is 24.7 Å². The molecular formula is C17H18N6O. The summed E-state index contributed by atoms with van der Waals surface area (Å²) in [4.78, 5) is 25.9. The Hall–Kier alpha value is -2.88. The number of piperidine rings is 1. The third-order valence-electron chi connectivity index (χ3n) is 4.98. The number of carbonyl (C=O) groups excluding carboxylic acids is 1. The van der Waals surface area contributed by atoms with Crippen molar-refractivity contribution < 1.29 is 4.79 Å². The summed E-state index contributed by atoms with van der Waals surface area (Å²) in [7, 11) is 0. The Morgan fingerprint density at radius 1 is 1.50 bits per heavy atom. The number of hydrogen-bond donors (Lipinski definition) is 1. The molecular weight excluding hydrogens is 304 g/mol. The number of nitriles is 1. The molecule has 0 aliphatic carbocycles. The zero-order valence-corrected chi connectivity index (χ0v) is 13.4. The molecule has 4 rings (SSSR count). The summed E-state index contributed by atoms with van der Waals surface area (Å²) in [5, 5.41) is 9.82.